The molecule has 1 fully saturated rings. The van der Waals surface area contributed by atoms with Crippen LogP contribution in [0.2, 0.25) is 10.0 Å². The molecule has 1 saturated heterocycles. The fraction of sp³-hybridized carbons (Fsp3) is 0.250. The van der Waals surface area contributed by atoms with E-state index in [2.05, 4.69) is 0 Å². The summed E-state index contributed by atoms with van der Waals surface area (Å²) in [5, 5.41) is 0.988. The number of rotatable bonds is 1. The maximum absolute atomic E-state index is 11.4. The van der Waals surface area contributed by atoms with E-state index in [-0.39, 0.29) is 12.1 Å². The molecule has 0 bridgehead atoms. The van der Waals surface area contributed by atoms with Crippen molar-refractivity contribution in [3.8, 4) is 0 Å². The maximum atomic E-state index is 11.4. The molecule has 0 spiro atoms. The summed E-state index contributed by atoms with van der Waals surface area (Å²) in [5.74, 6) is -0.251. The molecule has 0 aromatic heterocycles. The average Bonchev–Trinajstić information content (AvgIpc) is 2.51. The van der Waals surface area contributed by atoms with Gasteiger partial charge in [-0.2, -0.15) is 0 Å². The Morgan fingerprint density at radius 3 is 2.69 bits per heavy atom. The van der Waals surface area contributed by atoms with Crippen LogP contribution in [0.1, 0.15) is 18.9 Å². The van der Waals surface area contributed by atoms with Crippen molar-refractivity contribution < 1.29 is 9.53 Å². The molecule has 1 unspecified atom stereocenters. The van der Waals surface area contributed by atoms with Crippen LogP contribution in [0.15, 0.2) is 23.8 Å². The fourth-order valence-corrected chi connectivity index (χ4v) is 1.92. The highest BCUT2D eigenvalue weighted by molar-refractivity contribution is 6.42. The molecular weight excluding hydrogens is 247 g/mol. The van der Waals surface area contributed by atoms with E-state index in [0.29, 0.717) is 22.0 Å². The van der Waals surface area contributed by atoms with Crippen LogP contribution >= 0.6 is 23.2 Å². The first-order chi connectivity index (χ1) is 7.56. The molecule has 1 aliphatic heterocycles. The van der Waals surface area contributed by atoms with Crippen LogP contribution in [0, 0.1) is 0 Å². The van der Waals surface area contributed by atoms with E-state index in [1.54, 1.807) is 18.2 Å². The van der Waals surface area contributed by atoms with E-state index in [0.717, 1.165) is 5.56 Å². The molecule has 2 rings (SSSR count). The summed E-state index contributed by atoms with van der Waals surface area (Å²) in [6.07, 6.45) is 2.38. The first-order valence-corrected chi connectivity index (χ1v) is 5.68. The number of hydrogen-bond acceptors (Lipinski definition) is 2. The van der Waals surface area contributed by atoms with Crippen LogP contribution in [0.25, 0.3) is 6.08 Å². The second-order valence-corrected chi connectivity index (χ2v) is 4.58. The second kappa shape index (κ2) is 4.48. The molecule has 1 aromatic carbocycles. The van der Waals surface area contributed by atoms with Gasteiger partial charge in [0.2, 0.25) is 0 Å². The molecule has 1 atom stereocenters. The van der Waals surface area contributed by atoms with Crippen molar-refractivity contribution >= 4 is 35.2 Å². The van der Waals surface area contributed by atoms with Gasteiger partial charge in [-0.1, -0.05) is 29.3 Å². The zero-order chi connectivity index (χ0) is 11.7. The van der Waals surface area contributed by atoms with E-state index in [1.165, 1.54) is 0 Å². The third-order valence-corrected chi connectivity index (χ3v) is 3.10. The molecule has 84 valence electrons. The van der Waals surface area contributed by atoms with Crippen molar-refractivity contribution in [3.05, 3.63) is 39.4 Å². The summed E-state index contributed by atoms with van der Waals surface area (Å²) >= 11 is 11.7. The molecule has 0 aliphatic carbocycles. The van der Waals surface area contributed by atoms with Crippen molar-refractivity contribution in [2.45, 2.75) is 19.4 Å². The molecule has 0 saturated carbocycles. The van der Waals surface area contributed by atoms with E-state index in [1.807, 2.05) is 13.0 Å². The van der Waals surface area contributed by atoms with Gasteiger partial charge in [0.25, 0.3) is 0 Å². The molecule has 0 amide bonds. The van der Waals surface area contributed by atoms with Crippen LogP contribution in [0.4, 0.5) is 0 Å². The number of benzene rings is 1. The Hall–Kier alpha value is -0.990. The van der Waals surface area contributed by atoms with Crippen molar-refractivity contribution in [2.75, 3.05) is 0 Å². The van der Waals surface area contributed by atoms with Crippen LogP contribution in [-0.4, -0.2) is 12.1 Å². The van der Waals surface area contributed by atoms with Crippen LogP contribution in [0.5, 0.6) is 0 Å². The number of carbonyl (C=O) groups excluding carboxylic acids is 1. The predicted octanol–water partition coefficient (Wildman–Crippen LogP) is 3.71. The van der Waals surface area contributed by atoms with Gasteiger partial charge in [-0.3, -0.25) is 0 Å². The second-order valence-electron chi connectivity index (χ2n) is 3.76. The number of hydrogen-bond donors (Lipinski definition) is 0. The Morgan fingerprint density at radius 2 is 2.12 bits per heavy atom. The minimum Gasteiger partial charge on any atom is -0.459 e. The number of carbonyl (C=O) groups is 1. The fourth-order valence-electron chi connectivity index (χ4n) is 1.61. The van der Waals surface area contributed by atoms with Gasteiger partial charge in [0.15, 0.2) is 0 Å². The van der Waals surface area contributed by atoms with E-state index >= 15 is 0 Å². The normalized spacial score (nSPS) is 22.6. The highest BCUT2D eigenvalue weighted by atomic mass is 35.5. The lowest BCUT2D eigenvalue weighted by atomic mass is 10.1. The molecule has 16 heavy (non-hydrogen) atoms. The number of ether oxygens (including phenoxy) is 1. The Kier molecular flexibility index (Phi) is 3.22. The molecule has 1 aliphatic rings. The Balaban J connectivity index is 2.29. The molecule has 1 heterocycles. The molecule has 2 nitrogen and oxygen atoms in total. The van der Waals surface area contributed by atoms with E-state index in [9.17, 15) is 4.79 Å². The number of halogens is 2. The highest BCUT2D eigenvalue weighted by Gasteiger charge is 2.25. The monoisotopic (exact) mass is 256 g/mol. The molecular formula is C12H10Cl2O2. The van der Waals surface area contributed by atoms with Crippen molar-refractivity contribution in [2.24, 2.45) is 0 Å². The standard InChI is InChI=1S/C12H10Cl2O2/c1-7-4-9(12(15)16-7)5-8-2-3-10(13)11(14)6-8/h2-3,5-7H,4H2,1H3/b9-5+. The first kappa shape index (κ1) is 11.5. The topological polar surface area (TPSA) is 26.3 Å². The summed E-state index contributed by atoms with van der Waals surface area (Å²) in [4.78, 5) is 11.4. The number of cyclic esters (lactones) is 1. The third-order valence-electron chi connectivity index (χ3n) is 2.36. The largest absolute Gasteiger partial charge is 0.459 e. The van der Waals surface area contributed by atoms with Crippen molar-refractivity contribution in [1.82, 2.24) is 0 Å². The zero-order valence-electron chi connectivity index (χ0n) is 8.67. The van der Waals surface area contributed by atoms with Crippen molar-refractivity contribution in [3.63, 3.8) is 0 Å². The van der Waals surface area contributed by atoms with Gasteiger partial charge in [-0.25, -0.2) is 4.79 Å². The highest BCUT2D eigenvalue weighted by Crippen LogP contribution is 2.26. The van der Waals surface area contributed by atoms with E-state index in [4.69, 9.17) is 27.9 Å². The van der Waals surface area contributed by atoms with Gasteiger partial charge >= 0.3 is 5.97 Å². The lowest BCUT2D eigenvalue weighted by molar-refractivity contribution is -0.138. The van der Waals surface area contributed by atoms with Gasteiger partial charge in [-0.05, 0) is 30.7 Å². The SMILES string of the molecule is CC1C/C(=C\c2ccc(Cl)c(Cl)c2)C(=O)O1. The smallest absolute Gasteiger partial charge is 0.334 e. The Labute approximate surface area is 104 Å². The lowest BCUT2D eigenvalue weighted by Gasteiger charge is -1.98. The van der Waals surface area contributed by atoms with Crippen LogP contribution in [-0.2, 0) is 9.53 Å². The summed E-state index contributed by atoms with van der Waals surface area (Å²) in [6.45, 7) is 1.87. The van der Waals surface area contributed by atoms with Gasteiger partial charge in [0, 0.05) is 12.0 Å². The molecule has 1 aromatic rings. The maximum Gasteiger partial charge on any atom is 0.334 e. The zero-order valence-corrected chi connectivity index (χ0v) is 10.2. The number of esters is 1. The Morgan fingerprint density at radius 1 is 1.38 bits per heavy atom. The van der Waals surface area contributed by atoms with Gasteiger partial charge in [0.1, 0.15) is 6.10 Å². The summed E-state index contributed by atoms with van der Waals surface area (Å²) in [6, 6.07) is 5.25. The van der Waals surface area contributed by atoms with Gasteiger partial charge in [-0.15, -0.1) is 0 Å². The average molecular weight is 257 g/mol. The summed E-state index contributed by atoms with van der Waals surface area (Å²) in [5.41, 5.74) is 1.53. The molecule has 4 heteroatoms. The van der Waals surface area contributed by atoms with E-state index < -0.39 is 0 Å². The quantitative estimate of drug-likeness (QED) is 0.566. The summed E-state index contributed by atoms with van der Waals surface area (Å²) < 4.78 is 5.03. The first-order valence-electron chi connectivity index (χ1n) is 4.93. The summed E-state index contributed by atoms with van der Waals surface area (Å²) in [7, 11) is 0. The predicted molar refractivity (Wildman–Crippen MR) is 64.6 cm³/mol. The lowest BCUT2D eigenvalue weighted by Crippen LogP contribution is -1.99. The third kappa shape index (κ3) is 2.39. The van der Waals surface area contributed by atoms with Crippen molar-refractivity contribution in [1.29, 1.82) is 0 Å². The van der Waals surface area contributed by atoms with Crippen LogP contribution in [0.3, 0.4) is 0 Å². The van der Waals surface area contributed by atoms with Crippen LogP contribution < -0.4 is 0 Å². The molecule has 0 radical (unpaired) electrons. The molecule has 0 N–H and O–H groups in total. The van der Waals surface area contributed by atoms with Gasteiger partial charge < -0.3 is 4.74 Å². The minimum atomic E-state index is -0.251. The Bertz CT molecular complexity index is 466. The van der Waals surface area contributed by atoms with Gasteiger partial charge in [0.05, 0.1) is 10.0 Å². The minimum absolute atomic E-state index is 0.0403.